The Bertz CT molecular complexity index is 307. The Balaban J connectivity index is 1.88. The number of amides is 1. The van der Waals surface area contributed by atoms with E-state index < -0.39 is 30.8 Å². The normalized spacial score (nSPS) is 26.1. The van der Waals surface area contributed by atoms with Crippen molar-refractivity contribution in [2.45, 2.75) is 43.7 Å². The van der Waals surface area contributed by atoms with Gasteiger partial charge in [-0.25, -0.2) is 8.78 Å². The number of halogens is 4. The topological polar surface area (TPSA) is 32.3 Å². The number of hydrogen-bond acceptors (Lipinski definition) is 2. The van der Waals surface area contributed by atoms with Gasteiger partial charge in [-0.15, -0.1) is 0 Å². The maximum absolute atomic E-state index is 12.8. The minimum absolute atomic E-state index is 0.117. The fourth-order valence-corrected chi connectivity index (χ4v) is 1.91. The zero-order valence-electron chi connectivity index (χ0n) is 9.13. The van der Waals surface area contributed by atoms with Gasteiger partial charge in [-0.05, 0) is 19.3 Å². The number of carbonyl (C=O) groups is 1. The zero-order chi connectivity index (χ0) is 12.6. The Morgan fingerprint density at radius 2 is 2.00 bits per heavy atom. The Morgan fingerprint density at radius 3 is 2.53 bits per heavy atom. The second kappa shape index (κ2) is 4.44. The first kappa shape index (κ1) is 12.6. The molecule has 1 heterocycles. The Labute approximate surface area is 96.1 Å². The van der Waals surface area contributed by atoms with Crippen LogP contribution in [0.2, 0.25) is 0 Å². The van der Waals surface area contributed by atoms with Crippen LogP contribution in [0, 0.1) is 0 Å². The van der Waals surface area contributed by atoms with Crippen molar-refractivity contribution in [1.82, 2.24) is 10.2 Å². The second-order valence-corrected chi connectivity index (χ2v) is 4.60. The molecule has 1 amide bonds. The van der Waals surface area contributed by atoms with E-state index in [4.69, 9.17) is 0 Å². The molecule has 98 valence electrons. The van der Waals surface area contributed by atoms with Crippen molar-refractivity contribution < 1.29 is 22.4 Å². The number of rotatable bonds is 5. The SMILES string of the molecule is O=C1C(NC2CC2)CCN1CC(F)(F)C(F)F. The number of nitrogens with zero attached hydrogens (tertiary/aromatic N) is 1. The van der Waals surface area contributed by atoms with E-state index in [1.165, 1.54) is 0 Å². The standard InChI is InChI=1S/C10H14F4N2O/c11-9(12)10(13,14)5-16-4-3-7(8(16)17)15-6-1-2-6/h6-7,9,15H,1-5H2. The highest BCUT2D eigenvalue weighted by Gasteiger charge is 2.46. The van der Waals surface area contributed by atoms with E-state index in [-0.39, 0.29) is 6.54 Å². The van der Waals surface area contributed by atoms with Crippen LogP contribution in [0.3, 0.4) is 0 Å². The zero-order valence-corrected chi connectivity index (χ0v) is 9.13. The summed E-state index contributed by atoms with van der Waals surface area (Å²) >= 11 is 0. The molecule has 2 aliphatic rings. The molecule has 1 N–H and O–H groups in total. The van der Waals surface area contributed by atoms with Gasteiger partial charge in [0, 0.05) is 12.6 Å². The van der Waals surface area contributed by atoms with Crippen LogP contribution >= 0.6 is 0 Å². The second-order valence-electron chi connectivity index (χ2n) is 4.60. The van der Waals surface area contributed by atoms with Crippen molar-refractivity contribution in [3.05, 3.63) is 0 Å². The number of nitrogens with one attached hydrogen (secondary N) is 1. The van der Waals surface area contributed by atoms with Crippen LogP contribution < -0.4 is 5.32 Å². The van der Waals surface area contributed by atoms with Gasteiger partial charge in [0.25, 0.3) is 0 Å². The first-order valence-electron chi connectivity index (χ1n) is 5.61. The van der Waals surface area contributed by atoms with Gasteiger partial charge in [0.2, 0.25) is 5.91 Å². The highest BCUT2D eigenvalue weighted by Crippen LogP contribution is 2.27. The van der Waals surface area contributed by atoms with Gasteiger partial charge >= 0.3 is 12.3 Å². The average molecular weight is 254 g/mol. The summed E-state index contributed by atoms with van der Waals surface area (Å²) in [5.74, 6) is -4.61. The molecule has 0 aromatic rings. The molecule has 0 radical (unpaired) electrons. The first-order chi connectivity index (χ1) is 7.90. The summed E-state index contributed by atoms with van der Waals surface area (Å²) < 4.78 is 49.6. The summed E-state index contributed by atoms with van der Waals surface area (Å²) in [7, 11) is 0. The lowest BCUT2D eigenvalue weighted by atomic mass is 10.2. The van der Waals surface area contributed by atoms with Crippen LogP contribution in [0.25, 0.3) is 0 Å². The van der Waals surface area contributed by atoms with Crippen LogP contribution in [-0.4, -0.2) is 48.3 Å². The van der Waals surface area contributed by atoms with Crippen LogP contribution in [0.1, 0.15) is 19.3 Å². The summed E-state index contributed by atoms with van der Waals surface area (Å²) in [6.07, 6.45) is -1.35. The molecule has 3 nitrogen and oxygen atoms in total. The van der Waals surface area contributed by atoms with Crippen molar-refractivity contribution >= 4 is 5.91 Å². The van der Waals surface area contributed by atoms with Gasteiger partial charge in [0.05, 0.1) is 12.6 Å². The van der Waals surface area contributed by atoms with Gasteiger partial charge in [-0.1, -0.05) is 0 Å². The van der Waals surface area contributed by atoms with E-state index in [2.05, 4.69) is 5.32 Å². The van der Waals surface area contributed by atoms with Gasteiger partial charge in [-0.3, -0.25) is 4.79 Å². The summed E-state index contributed by atoms with van der Waals surface area (Å²) in [4.78, 5) is 12.5. The molecule has 1 saturated carbocycles. The maximum Gasteiger partial charge on any atom is 0.324 e. The van der Waals surface area contributed by atoms with Gasteiger partial charge < -0.3 is 10.2 Å². The third kappa shape index (κ3) is 2.88. The molecular weight excluding hydrogens is 240 g/mol. The fourth-order valence-electron chi connectivity index (χ4n) is 1.91. The molecule has 0 aromatic heterocycles. The largest absolute Gasteiger partial charge is 0.335 e. The lowest BCUT2D eigenvalue weighted by molar-refractivity contribution is -0.153. The Kier molecular flexibility index (Phi) is 3.29. The summed E-state index contributed by atoms with van der Waals surface area (Å²) in [5, 5.41) is 3.02. The molecular formula is C10H14F4N2O. The Hall–Kier alpha value is -0.850. The van der Waals surface area contributed by atoms with Crippen LogP contribution in [0.4, 0.5) is 17.6 Å². The van der Waals surface area contributed by atoms with Crippen molar-refractivity contribution in [1.29, 1.82) is 0 Å². The third-order valence-corrected chi connectivity index (χ3v) is 3.03. The van der Waals surface area contributed by atoms with E-state index in [9.17, 15) is 22.4 Å². The third-order valence-electron chi connectivity index (χ3n) is 3.03. The molecule has 0 aromatic carbocycles. The predicted octanol–water partition coefficient (Wildman–Crippen LogP) is 1.24. The molecule has 1 aliphatic carbocycles. The van der Waals surface area contributed by atoms with Crippen LogP contribution in [0.5, 0.6) is 0 Å². The Morgan fingerprint density at radius 1 is 1.35 bits per heavy atom. The van der Waals surface area contributed by atoms with E-state index in [1.807, 2.05) is 0 Å². The van der Waals surface area contributed by atoms with E-state index in [0.29, 0.717) is 12.5 Å². The summed E-state index contributed by atoms with van der Waals surface area (Å²) in [6.45, 7) is -1.07. The van der Waals surface area contributed by atoms with E-state index in [0.717, 1.165) is 17.7 Å². The quantitative estimate of drug-likeness (QED) is 0.749. The van der Waals surface area contributed by atoms with Gasteiger partial charge in [-0.2, -0.15) is 8.78 Å². The van der Waals surface area contributed by atoms with E-state index >= 15 is 0 Å². The summed E-state index contributed by atoms with van der Waals surface area (Å²) in [5.41, 5.74) is 0. The molecule has 1 saturated heterocycles. The minimum Gasteiger partial charge on any atom is -0.335 e. The lowest BCUT2D eigenvalue weighted by Gasteiger charge is -2.23. The van der Waals surface area contributed by atoms with Gasteiger partial charge in [0.15, 0.2) is 0 Å². The first-order valence-corrected chi connectivity index (χ1v) is 5.61. The van der Waals surface area contributed by atoms with E-state index in [1.54, 1.807) is 0 Å². The molecule has 0 spiro atoms. The van der Waals surface area contributed by atoms with Crippen molar-refractivity contribution in [3.8, 4) is 0 Å². The molecule has 17 heavy (non-hydrogen) atoms. The van der Waals surface area contributed by atoms with Crippen LogP contribution in [-0.2, 0) is 4.79 Å². The van der Waals surface area contributed by atoms with Crippen LogP contribution in [0.15, 0.2) is 0 Å². The molecule has 0 bridgehead atoms. The molecule has 1 aliphatic heterocycles. The minimum atomic E-state index is -4.12. The molecule has 2 fully saturated rings. The lowest BCUT2D eigenvalue weighted by Crippen LogP contribution is -2.45. The van der Waals surface area contributed by atoms with Crippen molar-refractivity contribution in [2.24, 2.45) is 0 Å². The number of alkyl halides is 4. The molecule has 7 heteroatoms. The number of hydrogen-bond donors (Lipinski definition) is 1. The van der Waals surface area contributed by atoms with Crippen molar-refractivity contribution in [2.75, 3.05) is 13.1 Å². The molecule has 1 unspecified atom stereocenters. The maximum atomic E-state index is 12.8. The van der Waals surface area contributed by atoms with Gasteiger partial charge in [0.1, 0.15) is 0 Å². The summed E-state index contributed by atoms with van der Waals surface area (Å²) in [6, 6.07) is -0.185. The number of carbonyl (C=O) groups excluding carboxylic acids is 1. The molecule has 1 atom stereocenters. The highest BCUT2D eigenvalue weighted by molar-refractivity contribution is 5.84. The molecule has 2 rings (SSSR count). The number of likely N-dealkylation sites (tertiary alicyclic amines) is 1. The van der Waals surface area contributed by atoms with Crippen molar-refractivity contribution in [3.63, 3.8) is 0 Å². The average Bonchev–Trinajstić information content (AvgIpc) is 2.98. The smallest absolute Gasteiger partial charge is 0.324 e. The fraction of sp³-hybridized carbons (Fsp3) is 0.900. The predicted molar refractivity (Wildman–Crippen MR) is 52.1 cm³/mol. The highest BCUT2D eigenvalue weighted by atomic mass is 19.3. The monoisotopic (exact) mass is 254 g/mol.